The number of carbonyl (C=O) groups excluding carboxylic acids is 2. The number of benzene rings is 3. The number of rotatable bonds is 14. The van der Waals surface area contributed by atoms with Crippen LogP contribution in [-0.4, -0.2) is 63.3 Å². The van der Waals surface area contributed by atoms with Crippen molar-refractivity contribution in [3.05, 3.63) is 128 Å². The van der Waals surface area contributed by atoms with E-state index in [1.165, 1.54) is 32.7 Å². The van der Waals surface area contributed by atoms with Crippen LogP contribution < -0.4 is 19.5 Å². The van der Waals surface area contributed by atoms with Crippen LogP contribution in [-0.2, 0) is 27.1 Å². The Hall–Kier alpha value is -4.42. The SMILES string of the molecule is COc1ccc([C@H](Cc2c(Cl)c[n+]([O-])cc2Cl)OC(=O)c2cccc(CCNC(C(=O)O[C@H]3CN4CCC3CC4)c3ccccc3F)c2)cc1OC. The summed E-state index contributed by atoms with van der Waals surface area (Å²) < 4.78 is 38.4. The Morgan fingerprint density at radius 1 is 0.981 bits per heavy atom. The van der Waals surface area contributed by atoms with Gasteiger partial charge in [0.2, 0.25) is 0 Å². The Kier molecular flexibility index (Phi) is 12.2. The smallest absolute Gasteiger partial charge is 0.338 e. The van der Waals surface area contributed by atoms with Crippen molar-refractivity contribution in [3.63, 3.8) is 0 Å². The number of piperidine rings is 3. The van der Waals surface area contributed by atoms with Gasteiger partial charge >= 0.3 is 11.9 Å². The lowest BCUT2D eigenvalue weighted by Gasteiger charge is -2.44. The molecule has 1 aromatic heterocycles. The average molecular weight is 753 g/mol. The van der Waals surface area contributed by atoms with Crippen LogP contribution in [0.4, 0.5) is 4.39 Å². The van der Waals surface area contributed by atoms with Crippen LogP contribution in [0.2, 0.25) is 10.0 Å². The Morgan fingerprint density at radius 3 is 2.38 bits per heavy atom. The number of ether oxygens (including phenoxy) is 4. The zero-order valence-corrected chi connectivity index (χ0v) is 30.4. The van der Waals surface area contributed by atoms with Gasteiger partial charge in [-0.1, -0.05) is 59.6 Å². The van der Waals surface area contributed by atoms with Crippen molar-refractivity contribution in [3.8, 4) is 11.5 Å². The molecule has 4 heterocycles. The molecular weight excluding hydrogens is 712 g/mol. The predicted octanol–water partition coefficient (Wildman–Crippen LogP) is 6.43. The Morgan fingerprint density at radius 2 is 1.71 bits per heavy atom. The van der Waals surface area contributed by atoms with Gasteiger partial charge in [0.25, 0.3) is 0 Å². The lowest BCUT2D eigenvalue weighted by Crippen LogP contribution is -2.52. The molecule has 0 spiro atoms. The molecule has 0 amide bonds. The third-order valence-electron chi connectivity index (χ3n) is 9.72. The summed E-state index contributed by atoms with van der Waals surface area (Å²) in [7, 11) is 3.02. The number of pyridine rings is 1. The van der Waals surface area contributed by atoms with E-state index in [1.807, 2.05) is 6.07 Å². The molecule has 3 saturated heterocycles. The number of aromatic nitrogens is 1. The number of nitrogens with one attached hydrogen (secondary N) is 1. The molecule has 0 radical (unpaired) electrons. The maximum absolute atomic E-state index is 15.0. The molecule has 3 fully saturated rings. The molecule has 10 nitrogen and oxygen atoms in total. The van der Waals surface area contributed by atoms with Crippen molar-refractivity contribution in [2.24, 2.45) is 5.92 Å². The molecule has 13 heteroatoms. The lowest BCUT2D eigenvalue weighted by molar-refractivity contribution is -0.605. The second-order valence-corrected chi connectivity index (χ2v) is 13.8. The molecule has 2 bridgehead atoms. The summed E-state index contributed by atoms with van der Waals surface area (Å²) >= 11 is 12.8. The summed E-state index contributed by atoms with van der Waals surface area (Å²) in [5, 5.41) is 15.4. The maximum Gasteiger partial charge on any atom is 0.338 e. The highest BCUT2D eigenvalue weighted by molar-refractivity contribution is 6.35. The van der Waals surface area contributed by atoms with Crippen LogP contribution in [0.3, 0.4) is 0 Å². The van der Waals surface area contributed by atoms with Gasteiger partial charge in [0, 0.05) is 30.6 Å². The molecule has 3 aliphatic heterocycles. The van der Waals surface area contributed by atoms with Gasteiger partial charge in [-0.15, -0.1) is 0 Å². The van der Waals surface area contributed by atoms with Crippen LogP contribution in [0.15, 0.2) is 79.1 Å². The van der Waals surface area contributed by atoms with E-state index < -0.39 is 29.9 Å². The van der Waals surface area contributed by atoms with Gasteiger partial charge in [0.1, 0.15) is 34.1 Å². The van der Waals surface area contributed by atoms with E-state index in [0.29, 0.717) is 52.8 Å². The lowest BCUT2D eigenvalue weighted by atomic mass is 9.86. The van der Waals surface area contributed by atoms with Gasteiger partial charge in [0.05, 0.1) is 19.8 Å². The highest BCUT2D eigenvalue weighted by atomic mass is 35.5. The van der Waals surface area contributed by atoms with Crippen LogP contribution in [0.25, 0.3) is 0 Å². The minimum atomic E-state index is -1.00. The van der Waals surface area contributed by atoms with Crippen molar-refractivity contribution in [2.75, 3.05) is 40.4 Å². The molecule has 1 unspecified atom stereocenters. The average Bonchev–Trinajstić information content (AvgIpc) is 3.15. The third kappa shape index (κ3) is 8.78. The first-order chi connectivity index (χ1) is 25.1. The molecule has 3 aromatic carbocycles. The predicted molar refractivity (Wildman–Crippen MR) is 193 cm³/mol. The summed E-state index contributed by atoms with van der Waals surface area (Å²) in [6.45, 7) is 3.01. The molecule has 0 aliphatic carbocycles. The maximum atomic E-state index is 15.0. The Balaban J connectivity index is 1.17. The largest absolute Gasteiger partial charge is 0.619 e. The van der Waals surface area contributed by atoms with E-state index in [4.69, 9.17) is 42.1 Å². The number of fused-ring (bicyclic) bond motifs is 3. The highest BCUT2D eigenvalue weighted by Crippen LogP contribution is 2.36. The van der Waals surface area contributed by atoms with E-state index in [2.05, 4.69) is 10.2 Å². The first-order valence-electron chi connectivity index (χ1n) is 17.1. The van der Waals surface area contributed by atoms with E-state index in [9.17, 15) is 19.2 Å². The minimum Gasteiger partial charge on any atom is -0.619 e. The van der Waals surface area contributed by atoms with Gasteiger partial charge in [0.15, 0.2) is 23.9 Å². The van der Waals surface area contributed by atoms with Crippen molar-refractivity contribution >= 4 is 35.1 Å². The zero-order valence-electron chi connectivity index (χ0n) is 28.9. The monoisotopic (exact) mass is 751 g/mol. The number of esters is 2. The van der Waals surface area contributed by atoms with E-state index in [0.717, 1.165) is 31.5 Å². The normalized spacial score (nSPS) is 19.1. The molecule has 0 saturated carbocycles. The fourth-order valence-electron chi connectivity index (χ4n) is 6.89. The number of methoxy groups -OCH3 is 2. The van der Waals surface area contributed by atoms with Gasteiger partial charge in [-0.2, -0.15) is 4.73 Å². The van der Waals surface area contributed by atoms with Gasteiger partial charge < -0.3 is 29.5 Å². The topological polar surface area (TPSA) is 113 Å². The van der Waals surface area contributed by atoms with Crippen LogP contribution in [0.5, 0.6) is 11.5 Å². The summed E-state index contributed by atoms with van der Waals surface area (Å²) in [4.78, 5) is 29.5. The molecule has 4 aromatic rings. The molecule has 3 atom stereocenters. The third-order valence-corrected chi connectivity index (χ3v) is 10.4. The first kappa shape index (κ1) is 37.3. The van der Waals surface area contributed by atoms with Gasteiger partial charge in [-0.25, -0.2) is 14.0 Å². The van der Waals surface area contributed by atoms with Crippen molar-refractivity contribution in [1.82, 2.24) is 10.2 Å². The number of halogens is 3. The van der Waals surface area contributed by atoms with Crippen LogP contribution in [0, 0.1) is 16.9 Å². The van der Waals surface area contributed by atoms with E-state index >= 15 is 0 Å². The number of carbonyl (C=O) groups is 2. The summed E-state index contributed by atoms with van der Waals surface area (Å²) in [6.07, 6.45) is 3.73. The summed E-state index contributed by atoms with van der Waals surface area (Å²) in [6, 6.07) is 17.3. The van der Waals surface area contributed by atoms with Crippen molar-refractivity contribution < 1.29 is 37.7 Å². The second kappa shape index (κ2) is 16.9. The van der Waals surface area contributed by atoms with E-state index in [-0.39, 0.29) is 33.7 Å². The standard InChI is InChI=1S/C39H40Cl2FN3O7/c1-49-33-11-10-26(19-35(33)50-2)34(20-29-30(40)21-45(48)22-31(29)41)51-38(46)27-7-5-6-24(18-27)12-15-43-37(28-8-3-4-9-32(28)42)39(47)52-36-23-44-16-13-25(36)14-17-44/h3-11,18-19,21-22,25,34,36-37,43H,12-17,20,23H2,1-2H3/t34-,36-,37?/m0/s1. The molecule has 3 aliphatic rings. The van der Waals surface area contributed by atoms with Gasteiger partial charge in [-0.05, 0) is 79.7 Å². The van der Waals surface area contributed by atoms with E-state index in [1.54, 1.807) is 54.6 Å². The second-order valence-electron chi connectivity index (χ2n) is 13.0. The van der Waals surface area contributed by atoms with Crippen LogP contribution >= 0.6 is 23.2 Å². The van der Waals surface area contributed by atoms with Gasteiger partial charge in [-0.3, -0.25) is 4.90 Å². The molecule has 1 N–H and O–H groups in total. The molecule has 52 heavy (non-hydrogen) atoms. The fraction of sp³-hybridized carbons (Fsp3) is 0.359. The molecular formula is C39H40Cl2FN3O7. The Labute approximate surface area is 311 Å². The van der Waals surface area contributed by atoms with Crippen LogP contribution in [0.1, 0.15) is 57.6 Å². The summed E-state index contributed by atoms with van der Waals surface area (Å²) in [5.74, 6) is -0.377. The fourth-order valence-corrected chi connectivity index (χ4v) is 7.49. The highest BCUT2D eigenvalue weighted by Gasteiger charge is 2.38. The number of hydrogen-bond donors (Lipinski definition) is 1. The number of hydrogen-bond acceptors (Lipinski definition) is 9. The number of nitrogens with zero attached hydrogens (tertiary/aromatic N) is 2. The molecule has 7 rings (SSSR count). The first-order valence-corrected chi connectivity index (χ1v) is 17.9. The minimum absolute atomic E-state index is 0.0660. The summed E-state index contributed by atoms with van der Waals surface area (Å²) in [5.41, 5.74) is 2.31. The quantitative estimate of drug-likeness (QED) is 0.0885. The zero-order chi connectivity index (χ0) is 36.8. The Bertz CT molecular complexity index is 1880. The van der Waals surface area contributed by atoms with Crippen molar-refractivity contribution in [1.29, 1.82) is 0 Å². The van der Waals surface area contributed by atoms with Crippen molar-refractivity contribution in [2.45, 2.75) is 43.9 Å². The molecule has 274 valence electrons.